The molecule has 206 valence electrons. The molecular weight excluding hydrogens is 550 g/mol. The number of benzene rings is 2. The molecule has 1 atom stereocenters. The fourth-order valence-electron chi connectivity index (χ4n) is 4.40. The lowest BCUT2D eigenvalue weighted by Crippen LogP contribution is -2.18. The molecule has 1 amide bonds. The first-order chi connectivity index (χ1) is 19.3. The molecule has 0 saturated carbocycles. The third-order valence-corrected chi connectivity index (χ3v) is 8.75. The highest BCUT2D eigenvalue weighted by molar-refractivity contribution is 7.31. The van der Waals surface area contributed by atoms with Crippen LogP contribution in [0.5, 0.6) is 11.5 Å². The number of carbonyl (C=O) groups excluding carboxylic acids is 1. The topological polar surface area (TPSA) is 112 Å². The molecule has 3 aromatic heterocycles. The SMILES string of the molecule is COc1cc(-c2cc3sc(-c4cnn(C)c4NC(=O)O[C@H](C)c4ccccc4)cc3s2)c(OC)cc1CC(=O)O. The van der Waals surface area contributed by atoms with E-state index in [1.54, 1.807) is 53.8 Å². The molecule has 2 N–H and O–H groups in total. The number of anilines is 1. The van der Waals surface area contributed by atoms with Gasteiger partial charge in [0.05, 0.1) is 32.4 Å². The maximum atomic E-state index is 12.7. The van der Waals surface area contributed by atoms with E-state index in [-0.39, 0.29) is 6.42 Å². The van der Waals surface area contributed by atoms with Gasteiger partial charge in [0.2, 0.25) is 0 Å². The minimum Gasteiger partial charge on any atom is -0.496 e. The van der Waals surface area contributed by atoms with Crippen molar-refractivity contribution in [2.75, 3.05) is 19.5 Å². The van der Waals surface area contributed by atoms with Gasteiger partial charge in [-0.25, -0.2) is 4.79 Å². The lowest BCUT2D eigenvalue weighted by Gasteiger charge is -2.14. The number of nitrogens with zero attached hydrogens (tertiary/aromatic N) is 2. The van der Waals surface area contributed by atoms with Crippen molar-refractivity contribution < 1.29 is 28.9 Å². The van der Waals surface area contributed by atoms with Crippen LogP contribution in [0.2, 0.25) is 0 Å². The van der Waals surface area contributed by atoms with Gasteiger partial charge in [0.15, 0.2) is 0 Å². The van der Waals surface area contributed by atoms with Crippen molar-refractivity contribution in [2.45, 2.75) is 19.4 Å². The van der Waals surface area contributed by atoms with Crippen molar-refractivity contribution in [1.82, 2.24) is 9.78 Å². The van der Waals surface area contributed by atoms with Gasteiger partial charge in [-0.3, -0.25) is 14.8 Å². The van der Waals surface area contributed by atoms with Crippen molar-refractivity contribution in [1.29, 1.82) is 0 Å². The normalized spacial score (nSPS) is 11.8. The minimum atomic E-state index is -0.944. The van der Waals surface area contributed by atoms with Crippen molar-refractivity contribution >= 4 is 50.0 Å². The molecule has 0 unspecified atom stereocenters. The molecule has 5 rings (SSSR count). The summed E-state index contributed by atoms with van der Waals surface area (Å²) in [6.45, 7) is 1.83. The maximum absolute atomic E-state index is 12.7. The number of hydrogen-bond donors (Lipinski definition) is 2. The molecule has 0 aliphatic carbocycles. The Bertz CT molecular complexity index is 1660. The van der Waals surface area contributed by atoms with Crippen molar-refractivity contribution in [3.63, 3.8) is 0 Å². The minimum absolute atomic E-state index is 0.164. The number of aliphatic carboxylic acids is 1. The quantitative estimate of drug-likeness (QED) is 0.194. The summed E-state index contributed by atoms with van der Waals surface area (Å²) in [5, 5.41) is 16.5. The number of amides is 1. The monoisotopic (exact) mass is 577 g/mol. The zero-order valence-corrected chi connectivity index (χ0v) is 23.9. The van der Waals surface area contributed by atoms with Gasteiger partial charge in [0.1, 0.15) is 23.4 Å². The van der Waals surface area contributed by atoms with Crippen LogP contribution in [0.1, 0.15) is 24.2 Å². The van der Waals surface area contributed by atoms with Gasteiger partial charge < -0.3 is 19.3 Å². The summed E-state index contributed by atoms with van der Waals surface area (Å²) in [6.07, 6.45) is 0.594. The highest BCUT2D eigenvalue weighted by Crippen LogP contribution is 2.46. The molecule has 11 heteroatoms. The van der Waals surface area contributed by atoms with Crippen LogP contribution in [0.3, 0.4) is 0 Å². The first kappa shape index (κ1) is 27.2. The second-order valence-electron chi connectivity index (χ2n) is 9.00. The van der Waals surface area contributed by atoms with Crippen molar-refractivity contribution in [2.24, 2.45) is 7.05 Å². The number of aromatic nitrogens is 2. The van der Waals surface area contributed by atoms with E-state index in [0.29, 0.717) is 22.9 Å². The molecule has 5 aromatic rings. The first-order valence-electron chi connectivity index (χ1n) is 12.3. The predicted molar refractivity (Wildman–Crippen MR) is 157 cm³/mol. The number of carboxylic acids is 1. The Kier molecular flexibility index (Phi) is 7.76. The maximum Gasteiger partial charge on any atom is 0.413 e. The molecule has 2 aromatic carbocycles. The van der Waals surface area contributed by atoms with Gasteiger partial charge in [0, 0.05) is 37.3 Å². The summed E-state index contributed by atoms with van der Waals surface area (Å²) < 4.78 is 20.4. The molecule has 0 saturated heterocycles. The van der Waals surface area contributed by atoms with Crippen molar-refractivity contribution in [3.8, 4) is 32.4 Å². The van der Waals surface area contributed by atoms with Crippen LogP contribution in [0.4, 0.5) is 10.6 Å². The largest absolute Gasteiger partial charge is 0.496 e. The summed E-state index contributed by atoms with van der Waals surface area (Å²) in [5.41, 5.74) is 3.06. The van der Waals surface area contributed by atoms with E-state index in [0.717, 1.165) is 35.8 Å². The van der Waals surface area contributed by atoms with Gasteiger partial charge in [0.25, 0.3) is 0 Å². The predicted octanol–water partition coefficient (Wildman–Crippen LogP) is 6.98. The number of methoxy groups -OCH3 is 2. The van der Waals surface area contributed by atoms with Crippen LogP contribution in [-0.2, 0) is 23.0 Å². The average Bonchev–Trinajstić information content (AvgIpc) is 3.62. The van der Waals surface area contributed by atoms with Crippen LogP contribution in [0.15, 0.2) is 60.8 Å². The Morgan fingerprint density at radius 1 is 0.975 bits per heavy atom. The lowest BCUT2D eigenvalue weighted by molar-refractivity contribution is -0.136. The van der Waals surface area contributed by atoms with E-state index in [1.807, 2.05) is 43.3 Å². The highest BCUT2D eigenvalue weighted by Gasteiger charge is 2.21. The molecule has 40 heavy (non-hydrogen) atoms. The number of carboxylic acid groups (broad SMARTS) is 1. The molecule has 3 heterocycles. The molecule has 0 spiro atoms. The van der Waals surface area contributed by atoms with E-state index in [1.165, 1.54) is 7.11 Å². The van der Waals surface area contributed by atoms with Gasteiger partial charge in [-0.15, -0.1) is 22.7 Å². The molecule has 0 bridgehead atoms. The molecule has 0 aliphatic rings. The summed E-state index contributed by atoms with van der Waals surface area (Å²) in [6, 6.07) is 17.2. The summed E-state index contributed by atoms with van der Waals surface area (Å²) in [5.74, 6) is 0.670. The third-order valence-electron chi connectivity index (χ3n) is 6.39. The second kappa shape index (κ2) is 11.4. The van der Waals surface area contributed by atoms with Crippen LogP contribution in [-0.4, -0.2) is 41.2 Å². The van der Waals surface area contributed by atoms with E-state index >= 15 is 0 Å². The molecule has 0 radical (unpaired) electrons. The van der Waals surface area contributed by atoms with Gasteiger partial charge >= 0.3 is 12.1 Å². The number of rotatable bonds is 9. The Morgan fingerprint density at radius 3 is 2.25 bits per heavy atom. The zero-order chi connectivity index (χ0) is 28.4. The van der Waals surface area contributed by atoms with E-state index < -0.39 is 18.2 Å². The third kappa shape index (κ3) is 5.51. The average molecular weight is 578 g/mol. The smallest absolute Gasteiger partial charge is 0.413 e. The van der Waals surface area contributed by atoms with Crippen LogP contribution >= 0.6 is 22.7 Å². The number of nitrogens with one attached hydrogen (secondary N) is 1. The van der Waals surface area contributed by atoms with Gasteiger partial charge in [-0.2, -0.15) is 5.10 Å². The van der Waals surface area contributed by atoms with Gasteiger partial charge in [-0.1, -0.05) is 30.3 Å². The Hall–Kier alpha value is -4.35. The number of carbonyl (C=O) groups is 2. The van der Waals surface area contributed by atoms with E-state index in [9.17, 15) is 14.7 Å². The summed E-state index contributed by atoms with van der Waals surface area (Å²) in [7, 11) is 4.85. The van der Waals surface area contributed by atoms with Crippen LogP contribution < -0.4 is 14.8 Å². The van der Waals surface area contributed by atoms with Crippen molar-refractivity contribution in [3.05, 3.63) is 71.9 Å². The number of thiophene rings is 2. The fourth-order valence-corrected chi connectivity index (χ4v) is 6.83. The molecular formula is C29H27N3O6S2. The van der Waals surface area contributed by atoms with Crippen LogP contribution in [0, 0.1) is 0 Å². The zero-order valence-electron chi connectivity index (χ0n) is 22.3. The second-order valence-corrected chi connectivity index (χ2v) is 11.2. The van der Waals surface area contributed by atoms with Gasteiger partial charge in [-0.05, 0) is 36.8 Å². The number of fused-ring (bicyclic) bond motifs is 1. The number of ether oxygens (including phenoxy) is 3. The summed E-state index contributed by atoms with van der Waals surface area (Å²) in [4.78, 5) is 25.9. The molecule has 0 fully saturated rings. The van der Waals surface area contributed by atoms with E-state index in [2.05, 4.69) is 22.5 Å². The summed E-state index contributed by atoms with van der Waals surface area (Å²) >= 11 is 3.17. The number of hydrogen-bond acceptors (Lipinski definition) is 8. The Morgan fingerprint density at radius 2 is 1.62 bits per heavy atom. The fraction of sp³-hybridized carbons (Fsp3) is 0.207. The number of aryl methyl sites for hydroxylation is 1. The Balaban J connectivity index is 1.40. The van der Waals surface area contributed by atoms with Crippen LogP contribution in [0.25, 0.3) is 30.3 Å². The standard InChI is InChI=1S/C29H27N3O6S2/c1-16(17-8-6-5-7-9-17)38-29(35)31-28-20(15-30-32(28)2)24-14-26-25(40-24)13-23(39-26)19-12-21(36-3)18(11-27(33)34)10-22(19)37-4/h5-10,12-16H,11H2,1-4H3,(H,31,35)(H,33,34)/t16-/m1/s1. The van der Waals surface area contributed by atoms with E-state index in [4.69, 9.17) is 14.2 Å². The Labute approximate surface area is 238 Å². The highest BCUT2D eigenvalue weighted by atomic mass is 32.1. The lowest BCUT2D eigenvalue weighted by atomic mass is 10.0. The molecule has 9 nitrogen and oxygen atoms in total. The first-order valence-corrected chi connectivity index (χ1v) is 14.0. The molecule has 0 aliphatic heterocycles.